The third kappa shape index (κ3) is 3.58. The maximum Gasteiger partial charge on any atom is 0.231 e. The van der Waals surface area contributed by atoms with Crippen LogP contribution in [0, 0.1) is 5.92 Å². The van der Waals surface area contributed by atoms with Crippen molar-refractivity contribution in [3.8, 4) is 17.0 Å². The number of methoxy groups -OCH3 is 1. The molecule has 0 spiro atoms. The Kier molecular flexibility index (Phi) is 4.91. The van der Waals surface area contributed by atoms with Gasteiger partial charge in [0.05, 0.1) is 24.9 Å². The molecule has 2 aromatic heterocycles. The summed E-state index contributed by atoms with van der Waals surface area (Å²) in [6.07, 6.45) is 3.81. The Morgan fingerprint density at radius 1 is 1.37 bits per heavy atom. The summed E-state index contributed by atoms with van der Waals surface area (Å²) in [5.41, 5.74) is 2.78. The first-order chi connectivity index (χ1) is 13.2. The van der Waals surface area contributed by atoms with Gasteiger partial charge in [0.1, 0.15) is 5.75 Å². The molecule has 0 radical (unpaired) electrons. The number of hydrogen-bond acceptors (Lipinski definition) is 6. The Labute approximate surface area is 161 Å². The molecule has 27 heavy (non-hydrogen) atoms. The van der Waals surface area contributed by atoms with E-state index in [0.717, 1.165) is 29.1 Å². The lowest BCUT2D eigenvalue weighted by Gasteiger charge is -2.15. The zero-order chi connectivity index (χ0) is 18.8. The van der Waals surface area contributed by atoms with Crippen LogP contribution in [0.1, 0.15) is 11.5 Å². The lowest BCUT2D eigenvalue weighted by molar-refractivity contribution is -0.119. The molecule has 3 aromatic rings. The van der Waals surface area contributed by atoms with E-state index < -0.39 is 0 Å². The van der Waals surface area contributed by atoms with Crippen LogP contribution in [0.3, 0.4) is 0 Å². The van der Waals surface area contributed by atoms with Crippen LogP contribution >= 0.6 is 11.3 Å². The van der Waals surface area contributed by atoms with Crippen LogP contribution in [-0.2, 0) is 11.8 Å². The molecule has 4 rings (SSSR count). The number of nitrogens with one attached hydrogen (secondary N) is 2. The molecule has 1 aromatic carbocycles. The fourth-order valence-electron chi connectivity index (χ4n) is 3.45. The maximum absolute atomic E-state index is 12.8. The smallest absolute Gasteiger partial charge is 0.231 e. The average molecular weight is 383 g/mol. The average Bonchev–Trinajstić information content (AvgIpc) is 3.41. The Balaban J connectivity index is 1.49. The van der Waals surface area contributed by atoms with Gasteiger partial charge in [-0.25, -0.2) is 4.98 Å². The summed E-state index contributed by atoms with van der Waals surface area (Å²) in [5.74, 6) is 0.715. The fourth-order valence-corrected chi connectivity index (χ4v) is 4.16. The van der Waals surface area contributed by atoms with E-state index in [-0.39, 0.29) is 17.7 Å². The van der Waals surface area contributed by atoms with Crippen LogP contribution in [0.25, 0.3) is 11.3 Å². The van der Waals surface area contributed by atoms with Gasteiger partial charge in [0.25, 0.3) is 0 Å². The van der Waals surface area contributed by atoms with E-state index in [1.165, 1.54) is 11.3 Å². The van der Waals surface area contributed by atoms with Gasteiger partial charge >= 0.3 is 0 Å². The Bertz CT molecular complexity index is 951. The summed E-state index contributed by atoms with van der Waals surface area (Å²) in [4.78, 5) is 17.4. The molecule has 1 saturated heterocycles. The monoisotopic (exact) mass is 383 g/mol. The molecule has 0 unspecified atom stereocenters. The zero-order valence-electron chi connectivity index (χ0n) is 15.2. The number of benzene rings is 1. The van der Waals surface area contributed by atoms with Crippen LogP contribution in [0.5, 0.6) is 5.75 Å². The fraction of sp³-hybridized carbons (Fsp3) is 0.316. The Morgan fingerprint density at radius 3 is 3.00 bits per heavy atom. The van der Waals surface area contributed by atoms with Gasteiger partial charge in [-0.15, -0.1) is 11.3 Å². The van der Waals surface area contributed by atoms with Gasteiger partial charge in [-0.1, -0.05) is 12.1 Å². The Morgan fingerprint density at radius 2 is 2.22 bits per heavy atom. The van der Waals surface area contributed by atoms with Crippen molar-refractivity contribution in [2.24, 2.45) is 13.0 Å². The molecule has 1 aliphatic heterocycles. The Hall–Kier alpha value is -2.71. The second-order valence-electron chi connectivity index (χ2n) is 6.55. The number of thiazole rings is 1. The molecular formula is C19H21N5O2S. The van der Waals surface area contributed by atoms with Gasteiger partial charge in [0.15, 0.2) is 5.13 Å². The number of carbonyl (C=O) groups is 1. The molecule has 8 heteroatoms. The summed E-state index contributed by atoms with van der Waals surface area (Å²) in [6.45, 7) is 1.42. The maximum atomic E-state index is 12.8. The van der Waals surface area contributed by atoms with E-state index in [9.17, 15) is 4.79 Å². The number of para-hydroxylation sites is 1. The first-order valence-corrected chi connectivity index (χ1v) is 9.62. The normalized spacial score (nSPS) is 19.2. The van der Waals surface area contributed by atoms with Gasteiger partial charge in [0.2, 0.25) is 5.91 Å². The van der Waals surface area contributed by atoms with Crippen LogP contribution in [-0.4, -0.2) is 40.9 Å². The number of aromatic nitrogens is 3. The quantitative estimate of drug-likeness (QED) is 0.708. The summed E-state index contributed by atoms with van der Waals surface area (Å²) in [6, 6.07) is 7.72. The highest BCUT2D eigenvalue weighted by molar-refractivity contribution is 7.14. The SMILES string of the molecule is COc1ccccc1-c1csc(NC(=O)[C@H]2CNC[C@@H]2c2cnn(C)c2)n1. The summed E-state index contributed by atoms with van der Waals surface area (Å²) >= 11 is 1.42. The van der Waals surface area contributed by atoms with E-state index >= 15 is 0 Å². The van der Waals surface area contributed by atoms with Crippen molar-refractivity contribution >= 4 is 22.4 Å². The number of anilines is 1. The number of rotatable bonds is 5. The van der Waals surface area contributed by atoms with E-state index in [2.05, 4.69) is 20.7 Å². The first kappa shape index (κ1) is 17.7. The van der Waals surface area contributed by atoms with Crippen LogP contribution < -0.4 is 15.4 Å². The van der Waals surface area contributed by atoms with Gasteiger partial charge in [0, 0.05) is 43.2 Å². The highest BCUT2D eigenvalue weighted by Gasteiger charge is 2.35. The van der Waals surface area contributed by atoms with Gasteiger partial charge in [-0.2, -0.15) is 5.10 Å². The molecule has 7 nitrogen and oxygen atoms in total. The number of aryl methyl sites for hydroxylation is 1. The van der Waals surface area contributed by atoms with Crippen molar-refractivity contribution in [1.82, 2.24) is 20.1 Å². The molecular weight excluding hydrogens is 362 g/mol. The van der Waals surface area contributed by atoms with E-state index in [4.69, 9.17) is 4.74 Å². The summed E-state index contributed by atoms with van der Waals surface area (Å²) in [7, 11) is 3.52. The number of amides is 1. The minimum Gasteiger partial charge on any atom is -0.496 e. The molecule has 2 atom stereocenters. The molecule has 1 fully saturated rings. The van der Waals surface area contributed by atoms with Gasteiger partial charge in [-0.3, -0.25) is 9.48 Å². The molecule has 1 amide bonds. The first-order valence-electron chi connectivity index (χ1n) is 8.74. The predicted octanol–water partition coefficient (Wildman–Crippen LogP) is 2.49. The second kappa shape index (κ2) is 7.50. The molecule has 140 valence electrons. The van der Waals surface area contributed by atoms with Crippen LogP contribution in [0.15, 0.2) is 42.0 Å². The van der Waals surface area contributed by atoms with Crippen molar-refractivity contribution in [1.29, 1.82) is 0 Å². The van der Waals surface area contributed by atoms with E-state index in [0.29, 0.717) is 11.7 Å². The minimum absolute atomic E-state index is 0.0187. The molecule has 1 aliphatic rings. The third-order valence-electron chi connectivity index (χ3n) is 4.82. The van der Waals surface area contributed by atoms with Crippen molar-refractivity contribution in [2.75, 3.05) is 25.5 Å². The molecule has 2 N–H and O–H groups in total. The molecule has 0 saturated carbocycles. The number of hydrogen-bond donors (Lipinski definition) is 2. The van der Waals surface area contributed by atoms with Crippen molar-refractivity contribution in [2.45, 2.75) is 5.92 Å². The number of nitrogens with zero attached hydrogens (tertiary/aromatic N) is 3. The topological polar surface area (TPSA) is 81.1 Å². The summed E-state index contributed by atoms with van der Waals surface area (Å²) in [5, 5.41) is 13.0. The number of ether oxygens (including phenoxy) is 1. The van der Waals surface area contributed by atoms with Crippen LogP contribution in [0.2, 0.25) is 0 Å². The minimum atomic E-state index is -0.146. The third-order valence-corrected chi connectivity index (χ3v) is 5.58. The zero-order valence-corrected chi connectivity index (χ0v) is 16.0. The van der Waals surface area contributed by atoms with Crippen molar-refractivity contribution in [3.05, 3.63) is 47.6 Å². The molecule has 0 bridgehead atoms. The second-order valence-corrected chi connectivity index (χ2v) is 7.40. The lowest BCUT2D eigenvalue weighted by atomic mass is 9.90. The van der Waals surface area contributed by atoms with Crippen molar-refractivity contribution < 1.29 is 9.53 Å². The standard InChI is InChI=1S/C19H21N5O2S/c1-24-10-12(7-21-24)14-8-20-9-15(14)18(25)23-19-22-16(11-27-19)13-5-3-4-6-17(13)26-2/h3-7,10-11,14-15,20H,8-9H2,1-2H3,(H,22,23,25)/t14-,15+/m1/s1. The van der Waals surface area contributed by atoms with E-state index in [1.54, 1.807) is 11.8 Å². The van der Waals surface area contributed by atoms with Crippen molar-refractivity contribution in [3.63, 3.8) is 0 Å². The molecule has 0 aliphatic carbocycles. The van der Waals surface area contributed by atoms with Gasteiger partial charge < -0.3 is 15.4 Å². The largest absolute Gasteiger partial charge is 0.496 e. The molecule has 3 heterocycles. The van der Waals surface area contributed by atoms with E-state index in [1.807, 2.05) is 49.1 Å². The lowest BCUT2D eigenvalue weighted by Crippen LogP contribution is -2.28. The van der Waals surface area contributed by atoms with Crippen LogP contribution in [0.4, 0.5) is 5.13 Å². The highest BCUT2D eigenvalue weighted by atomic mass is 32.1. The summed E-state index contributed by atoms with van der Waals surface area (Å²) < 4.78 is 7.16. The predicted molar refractivity (Wildman–Crippen MR) is 105 cm³/mol. The van der Waals surface area contributed by atoms with Gasteiger partial charge in [-0.05, 0) is 17.7 Å². The number of carbonyl (C=O) groups excluding carboxylic acids is 1. The highest BCUT2D eigenvalue weighted by Crippen LogP contribution is 2.33.